The number of aromatic carboxylic acids is 1. The molecule has 0 saturated heterocycles. The van der Waals surface area contributed by atoms with Crippen LogP contribution in [0.4, 0.5) is 0 Å². The molecule has 0 aromatic carbocycles. The second-order valence-electron chi connectivity index (χ2n) is 3.99. The Labute approximate surface area is 158 Å². The van der Waals surface area contributed by atoms with Crippen LogP contribution in [0, 0.1) is 0 Å². The summed E-state index contributed by atoms with van der Waals surface area (Å²) >= 11 is 8.81. The smallest absolute Gasteiger partial charge is 0.350 e. The minimum absolute atomic E-state index is 0.310. The number of hydrogen-bond donors (Lipinski definition) is 1. The molecule has 0 unspecified atom stereocenters. The first-order valence-electron chi connectivity index (χ1n) is 6.45. The van der Waals surface area contributed by atoms with Gasteiger partial charge in [0.1, 0.15) is 9.75 Å². The van der Waals surface area contributed by atoms with Crippen molar-refractivity contribution in [3.63, 3.8) is 0 Å². The molecule has 2 rings (SSSR count). The number of halogens is 2. The van der Waals surface area contributed by atoms with E-state index in [2.05, 4.69) is 46.6 Å². The van der Waals surface area contributed by atoms with Crippen molar-refractivity contribution in [3.8, 4) is 0 Å². The minimum Gasteiger partial charge on any atom is -0.477 e. The third-order valence-corrected chi connectivity index (χ3v) is 5.64. The zero-order valence-electron chi connectivity index (χ0n) is 12.6. The van der Waals surface area contributed by atoms with E-state index in [1.54, 1.807) is 0 Å². The molecule has 126 valence electrons. The lowest BCUT2D eigenvalue weighted by atomic mass is 10.3. The Bertz CT molecular complexity index is 700. The lowest BCUT2D eigenvalue weighted by molar-refractivity contribution is 0.0604. The molecule has 1 N–H and O–H groups in total. The Morgan fingerprint density at radius 2 is 1.48 bits per heavy atom. The second-order valence-corrected chi connectivity index (χ2v) is 8.54. The molecule has 0 aliphatic carbocycles. The van der Waals surface area contributed by atoms with Gasteiger partial charge in [0.15, 0.2) is 7.83 Å². The van der Waals surface area contributed by atoms with Crippen LogP contribution in [-0.4, -0.2) is 34.1 Å². The lowest BCUT2D eigenvalue weighted by Crippen LogP contribution is -2.01. The highest BCUT2D eigenvalue weighted by atomic mass is 79.9. The Kier molecular flexibility index (Phi) is 8.31. The third kappa shape index (κ3) is 5.63. The number of aryl methyl sites for hydroxylation is 2. The number of carbonyl (C=O) groups excluding carboxylic acids is 1. The number of ether oxygens (including phenoxy) is 1. The summed E-state index contributed by atoms with van der Waals surface area (Å²) in [5.41, 5.74) is 1.44. The first-order chi connectivity index (χ1) is 10.8. The van der Waals surface area contributed by atoms with Gasteiger partial charge in [0, 0.05) is 0 Å². The highest BCUT2D eigenvalue weighted by Crippen LogP contribution is 2.24. The number of carboxylic acids is 1. The van der Waals surface area contributed by atoms with Crippen LogP contribution in [0.15, 0.2) is 7.83 Å². The quantitative estimate of drug-likeness (QED) is 0.644. The maximum absolute atomic E-state index is 11.1. The number of rotatable bonds is 4. The van der Waals surface area contributed by atoms with Crippen molar-refractivity contribution in [2.75, 3.05) is 7.11 Å². The molecule has 2 aromatic heterocycles. The van der Waals surface area contributed by atoms with Crippen molar-refractivity contribution < 1.29 is 19.4 Å². The van der Waals surface area contributed by atoms with Gasteiger partial charge >= 0.3 is 11.9 Å². The number of nitrogens with zero attached hydrogens (tertiary/aromatic N) is 2. The summed E-state index contributed by atoms with van der Waals surface area (Å²) in [6.07, 6.45) is 1.40. The summed E-state index contributed by atoms with van der Waals surface area (Å²) in [4.78, 5) is 30.7. The highest BCUT2D eigenvalue weighted by Gasteiger charge is 2.16. The molecular weight excluding hydrogens is 472 g/mol. The summed E-state index contributed by atoms with van der Waals surface area (Å²) in [6, 6.07) is 0. The largest absolute Gasteiger partial charge is 0.477 e. The van der Waals surface area contributed by atoms with Crippen LogP contribution in [0.1, 0.15) is 44.6 Å². The average Bonchev–Trinajstić information content (AvgIpc) is 3.09. The van der Waals surface area contributed by atoms with Gasteiger partial charge in [-0.05, 0) is 44.7 Å². The molecule has 2 aromatic rings. The monoisotopic (exact) mass is 484 g/mol. The van der Waals surface area contributed by atoms with Gasteiger partial charge in [-0.3, -0.25) is 0 Å². The molecule has 0 fully saturated rings. The van der Waals surface area contributed by atoms with E-state index in [-0.39, 0.29) is 5.97 Å². The van der Waals surface area contributed by atoms with Crippen molar-refractivity contribution in [2.45, 2.75) is 26.7 Å². The van der Waals surface area contributed by atoms with E-state index in [4.69, 9.17) is 5.11 Å². The van der Waals surface area contributed by atoms with Crippen molar-refractivity contribution in [3.05, 3.63) is 29.0 Å². The Hall–Kier alpha value is -0.840. The molecule has 10 heteroatoms. The van der Waals surface area contributed by atoms with Crippen LogP contribution in [-0.2, 0) is 17.6 Å². The predicted molar refractivity (Wildman–Crippen MR) is 96.7 cm³/mol. The van der Waals surface area contributed by atoms with Gasteiger partial charge in [0.2, 0.25) is 0 Å². The van der Waals surface area contributed by atoms with Crippen molar-refractivity contribution in [2.24, 2.45) is 0 Å². The van der Waals surface area contributed by atoms with Crippen LogP contribution in [0.25, 0.3) is 0 Å². The number of thiazole rings is 2. The number of aromatic nitrogens is 2. The van der Waals surface area contributed by atoms with Crippen molar-refractivity contribution in [1.82, 2.24) is 9.97 Å². The van der Waals surface area contributed by atoms with Crippen LogP contribution in [0.2, 0.25) is 0 Å². The zero-order chi connectivity index (χ0) is 17.6. The highest BCUT2D eigenvalue weighted by molar-refractivity contribution is 9.11. The molecule has 0 saturated carbocycles. The number of hydrogen-bond acceptors (Lipinski definition) is 7. The summed E-state index contributed by atoms with van der Waals surface area (Å²) in [7, 11) is 1.37. The zero-order valence-corrected chi connectivity index (χ0v) is 17.4. The maximum Gasteiger partial charge on any atom is 0.350 e. The first kappa shape index (κ1) is 20.2. The van der Waals surface area contributed by atoms with Gasteiger partial charge in [-0.25, -0.2) is 19.6 Å². The van der Waals surface area contributed by atoms with Gasteiger partial charge in [-0.1, -0.05) is 36.5 Å². The molecule has 0 radical (unpaired) electrons. The normalized spacial score (nSPS) is 9.96. The SMILES string of the molecule is CCc1nc(Br)sc1C(=O)O.CCc1nc(Br)sc1C(=O)OC. The van der Waals surface area contributed by atoms with E-state index >= 15 is 0 Å². The van der Waals surface area contributed by atoms with Crippen LogP contribution in [0.5, 0.6) is 0 Å². The van der Waals surface area contributed by atoms with Crippen molar-refractivity contribution in [1.29, 1.82) is 0 Å². The first-order valence-corrected chi connectivity index (χ1v) is 9.67. The van der Waals surface area contributed by atoms with E-state index in [9.17, 15) is 9.59 Å². The summed E-state index contributed by atoms with van der Waals surface area (Å²) in [5.74, 6) is -1.21. The topological polar surface area (TPSA) is 89.4 Å². The number of methoxy groups -OCH3 is 1. The molecular formula is C13H14Br2N2O4S2. The third-order valence-electron chi connectivity index (χ3n) is 2.58. The molecule has 2 heterocycles. The van der Waals surface area contributed by atoms with Gasteiger partial charge < -0.3 is 9.84 Å². The fourth-order valence-corrected chi connectivity index (χ4v) is 4.46. The lowest BCUT2D eigenvalue weighted by Gasteiger charge is -1.95. The van der Waals surface area contributed by atoms with E-state index < -0.39 is 5.97 Å². The molecule has 0 atom stereocenters. The Morgan fingerprint density at radius 1 is 1.04 bits per heavy atom. The van der Waals surface area contributed by atoms with E-state index in [1.807, 2.05) is 13.8 Å². The molecule has 23 heavy (non-hydrogen) atoms. The van der Waals surface area contributed by atoms with Crippen molar-refractivity contribution >= 4 is 66.5 Å². The average molecular weight is 486 g/mol. The predicted octanol–water partition coefficient (Wildman–Crippen LogP) is 4.42. The minimum atomic E-state index is -0.898. The molecule has 0 amide bonds. The van der Waals surface area contributed by atoms with Gasteiger partial charge in [-0.15, -0.1) is 0 Å². The summed E-state index contributed by atoms with van der Waals surface area (Å²) < 4.78 is 5.96. The molecule has 0 spiro atoms. The fourth-order valence-electron chi connectivity index (χ4n) is 1.54. The Morgan fingerprint density at radius 3 is 1.83 bits per heavy atom. The second kappa shape index (κ2) is 9.45. The van der Waals surface area contributed by atoms with Gasteiger partial charge in [0.05, 0.1) is 18.5 Å². The van der Waals surface area contributed by atoms with Crippen LogP contribution in [0.3, 0.4) is 0 Å². The van der Waals surface area contributed by atoms with E-state index in [0.717, 1.165) is 27.4 Å². The fraction of sp³-hybridized carbons (Fsp3) is 0.385. The number of esters is 1. The standard InChI is InChI=1S/C7H8BrNO2S.C6H6BrNO2S/c1-3-4-5(6(10)11-2)12-7(8)9-4;1-2-3-4(5(9)10)11-6(7)8-3/h3H2,1-2H3;2H2,1H3,(H,9,10). The van der Waals surface area contributed by atoms with Crippen LogP contribution >= 0.6 is 54.5 Å². The molecule has 0 aliphatic heterocycles. The maximum atomic E-state index is 11.1. The van der Waals surface area contributed by atoms with Gasteiger partial charge in [-0.2, -0.15) is 0 Å². The number of carboxylic acid groups (broad SMARTS) is 1. The number of carbonyl (C=O) groups is 2. The van der Waals surface area contributed by atoms with Crippen LogP contribution < -0.4 is 0 Å². The summed E-state index contributed by atoms with van der Waals surface area (Å²) in [6.45, 7) is 3.84. The molecule has 0 aliphatic rings. The summed E-state index contributed by atoms with van der Waals surface area (Å²) in [5, 5.41) is 8.66. The Balaban J connectivity index is 0.000000231. The molecule has 6 nitrogen and oxygen atoms in total. The van der Waals surface area contributed by atoms with E-state index in [1.165, 1.54) is 18.4 Å². The van der Waals surface area contributed by atoms with Gasteiger partial charge in [0.25, 0.3) is 0 Å². The molecule has 0 bridgehead atoms. The van der Waals surface area contributed by atoms with E-state index in [0.29, 0.717) is 25.8 Å².